The molecule has 1 heterocycles. The average molecular weight is 197 g/mol. The highest BCUT2D eigenvalue weighted by Gasteiger charge is 2.08. The fourth-order valence-electron chi connectivity index (χ4n) is 1.18. The maximum atomic E-state index is 5.40. The summed E-state index contributed by atoms with van der Waals surface area (Å²) >= 11 is 0. The van der Waals surface area contributed by atoms with Crippen LogP contribution >= 0.6 is 0 Å². The molecule has 0 amide bonds. The Hall–Kier alpha value is -0.900. The summed E-state index contributed by atoms with van der Waals surface area (Å²) in [5.41, 5.74) is 5.40. The van der Waals surface area contributed by atoms with Gasteiger partial charge in [0.05, 0.1) is 0 Å². The molecule has 0 radical (unpaired) electrons. The first kappa shape index (κ1) is 11.2. The molecule has 0 saturated carbocycles. The minimum absolute atomic E-state index is 0.609. The van der Waals surface area contributed by atoms with E-state index >= 15 is 0 Å². The monoisotopic (exact) mass is 197 g/mol. The van der Waals surface area contributed by atoms with Crippen LogP contribution in [0.5, 0.6) is 0 Å². The van der Waals surface area contributed by atoms with Crippen molar-refractivity contribution in [1.82, 2.24) is 10.1 Å². The standard InChI is InChI=1S/C10H19N3O/c1-3-8(2)7-10-12-9(13-14-10)5-4-6-11/h8H,3-7,11H2,1-2H3. The van der Waals surface area contributed by atoms with Gasteiger partial charge in [0.25, 0.3) is 0 Å². The maximum absolute atomic E-state index is 5.40. The van der Waals surface area contributed by atoms with Crippen LogP contribution in [0.15, 0.2) is 4.52 Å². The second-order valence-corrected chi connectivity index (χ2v) is 3.71. The molecule has 1 unspecified atom stereocenters. The highest BCUT2D eigenvalue weighted by Crippen LogP contribution is 2.09. The van der Waals surface area contributed by atoms with E-state index in [0.717, 1.165) is 37.4 Å². The van der Waals surface area contributed by atoms with Gasteiger partial charge >= 0.3 is 0 Å². The third-order valence-electron chi connectivity index (χ3n) is 2.33. The molecule has 14 heavy (non-hydrogen) atoms. The van der Waals surface area contributed by atoms with Gasteiger partial charge in [0.15, 0.2) is 5.82 Å². The summed E-state index contributed by atoms with van der Waals surface area (Å²) in [7, 11) is 0. The van der Waals surface area contributed by atoms with Crippen LogP contribution < -0.4 is 5.73 Å². The van der Waals surface area contributed by atoms with Crippen LogP contribution in [0.4, 0.5) is 0 Å². The number of hydrogen-bond donors (Lipinski definition) is 1. The van der Waals surface area contributed by atoms with Crippen LogP contribution in [-0.2, 0) is 12.8 Å². The van der Waals surface area contributed by atoms with Crippen molar-refractivity contribution in [2.45, 2.75) is 39.5 Å². The van der Waals surface area contributed by atoms with Crippen molar-refractivity contribution in [1.29, 1.82) is 0 Å². The van der Waals surface area contributed by atoms with Crippen molar-refractivity contribution in [2.75, 3.05) is 6.54 Å². The Morgan fingerprint density at radius 1 is 1.50 bits per heavy atom. The topological polar surface area (TPSA) is 64.9 Å². The number of nitrogens with two attached hydrogens (primary N) is 1. The van der Waals surface area contributed by atoms with Gasteiger partial charge in [-0.15, -0.1) is 0 Å². The minimum atomic E-state index is 0.609. The lowest BCUT2D eigenvalue weighted by Crippen LogP contribution is -2.02. The molecular weight excluding hydrogens is 178 g/mol. The summed E-state index contributed by atoms with van der Waals surface area (Å²) in [6.45, 7) is 5.02. The molecule has 0 saturated heterocycles. The Morgan fingerprint density at radius 3 is 2.93 bits per heavy atom. The van der Waals surface area contributed by atoms with Crippen molar-refractivity contribution in [3.8, 4) is 0 Å². The van der Waals surface area contributed by atoms with Crippen molar-refractivity contribution in [2.24, 2.45) is 11.7 Å². The van der Waals surface area contributed by atoms with Gasteiger partial charge in [-0.05, 0) is 18.9 Å². The molecule has 1 aromatic heterocycles. The van der Waals surface area contributed by atoms with E-state index in [1.165, 1.54) is 0 Å². The Kier molecular flexibility index (Phi) is 4.59. The predicted octanol–water partition coefficient (Wildman–Crippen LogP) is 1.55. The molecule has 0 spiro atoms. The molecule has 0 aromatic carbocycles. The predicted molar refractivity (Wildman–Crippen MR) is 54.8 cm³/mol. The molecule has 1 atom stereocenters. The number of nitrogens with zero attached hydrogens (tertiary/aromatic N) is 2. The van der Waals surface area contributed by atoms with E-state index in [2.05, 4.69) is 24.0 Å². The Bertz CT molecular complexity index is 260. The molecule has 1 rings (SSSR count). The molecule has 4 nitrogen and oxygen atoms in total. The quantitative estimate of drug-likeness (QED) is 0.751. The molecule has 80 valence electrons. The van der Waals surface area contributed by atoms with E-state index in [4.69, 9.17) is 10.3 Å². The minimum Gasteiger partial charge on any atom is -0.339 e. The summed E-state index contributed by atoms with van der Waals surface area (Å²) < 4.78 is 5.13. The van der Waals surface area contributed by atoms with Gasteiger partial charge in [-0.25, -0.2) is 0 Å². The Morgan fingerprint density at radius 2 is 2.29 bits per heavy atom. The van der Waals surface area contributed by atoms with E-state index in [0.29, 0.717) is 12.5 Å². The van der Waals surface area contributed by atoms with Crippen molar-refractivity contribution in [3.05, 3.63) is 11.7 Å². The van der Waals surface area contributed by atoms with Crippen LogP contribution in [-0.4, -0.2) is 16.7 Å². The largest absolute Gasteiger partial charge is 0.339 e. The average Bonchev–Trinajstić information content (AvgIpc) is 2.62. The zero-order valence-corrected chi connectivity index (χ0v) is 8.99. The third kappa shape index (κ3) is 3.46. The van der Waals surface area contributed by atoms with Gasteiger partial charge in [-0.3, -0.25) is 0 Å². The first-order valence-corrected chi connectivity index (χ1v) is 5.27. The SMILES string of the molecule is CCC(C)Cc1nc(CCCN)no1. The van der Waals surface area contributed by atoms with E-state index < -0.39 is 0 Å². The van der Waals surface area contributed by atoms with E-state index in [1.807, 2.05) is 0 Å². The number of hydrogen-bond acceptors (Lipinski definition) is 4. The molecule has 0 aliphatic carbocycles. The van der Waals surface area contributed by atoms with E-state index in [1.54, 1.807) is 0 Å². The van der Waals surface area contributed by atoms with Crippen LogP contribution in [0.3, 0.4) is 0 Å². The first-order chi connectivity index (χ1) is 6.76. The van der Waals surface area contributed by atoms with Crippen LogP contribution in [0.1, 0.15) is 38.4 Å². The smallest absolute Gasteiger partial charge is 0.226 e. The Balaban J connectivity index is 2.42. The van der Waals surface area contributed by atoms with Crippen molar-refractivity contribution >= 4 is 0 Å². The Labute approximate surface area is 84.9 Å². The van der Waals surface area contributed by atoms with Gasteiger partial charge in [0, 0.05) is 12.8 Å². The van der Waals surface area contributed by atoms with Gasteiger partial charge in [0.2, 0.25) is 5.89 Å². The molecule has 1 aromatic rings. The fourth-order valence-corrected chi connectivity index (χ4v) is 1.18. The summed E-state index contributed by atoms with van der Waals surface area (Å²) in [5, 5.41) is 3.90. The highest BCUT2D eigenvalue weighted by molar-refractivity contribution is 4.87. The molecule has 0 aliphatic rings. The summed E-state index contributed by atoms with van der Waals surface area (Å²) in [5.74, 6) is 2.15. The maximum Gasteiger partial charge on any atom is 0.226 e. The van der Waals surface area contributed by atoms with Crippen molar-refractivity contribution in [3.63, 3.8) is 0 Å². The molecule has 0 bridgehead atoms. The molecule has 4 heteroatoms. The lowest BCUT2D eigenvalue weighted by Gasteiger charge is -2.01. The lowest BCUT2D eigenvalue weighted by molar-refractivity contribution is 0.351. The van der Waals surface area contributed by atoms with Gasteiger partial charge in [-0.2, -0.15) is 4.98 Å². The number of rotatable bonds is 6. The summed E-state index contributed by atoms with van der Waals surface area (Å²) in [4.78, 5) is 4.30. The summed E-state index contributed by atoms with van der Waals surface area (Å²) in [6.07, 6.45) is 3.76. The molecule has 2 N–H and O–H groups in total. The lowest BCUT2D eigenvalue weighted by atomic mass is 10.1. The summed E-state index contributed by atoms with van der Waals surface area (Å²) in [6, 6.07) is 0. The third-order valence-corrected chi connectivity index (χ3v) is 2.33. The molecular formula is C10H19N3O. The van der Waals surface area contributed by atoms with Gasteiger partial charge in [0.1, 0.15) is 0 Å². The normalized spacial score (nSPS) is 13.1. The van der Waals surface area contributed by atoms with E-state index in [9.17, 15) is 0 Å². The second-order valence-electron chi connectivity index (χ2n) is 3.71. The highest BCUT2D eigenvalue weighted by atomic mass is 16.5. The fraction of sp³-hybridized carbons (Fsp3) is 0.800. The van der Waals surface area contributed by atoms with Crippen molar-refractivity contribution < 1.29 is 4.52 Å². The van der Waals surface area contributed by atoms with E-state index in [-0.39, 0.29) is 0 Å². The molecule has 0 aliphatic heterocycles. The number of aromatic nitrogens is 2. The van der Waals surface area contributed by atoms with Crippen LogP contribution in [0, 0.1) is 5.92 Å². The van der Waals surface area contributed by atoms with Crippen LogP contribution in [0.2, 0.25) is 0 Å². The number of aryl methyl sites for hydroxylation is 1. The van der Waals surface area contributed by atoms with Gasteiger partial charge in [-0.1, -0.05) is 25.4 Å². The zero-order valence-electron chi connectivity index (χ0n) is 8.99. The molecule has 0 fully saturated rings. The first-order valence-electron chi connectivity index (χ1n) is 5.27. The second kappa shape index (κ2) is 5.75. The van der Waals surface area contributed by atoms with Crippen LogP contribution in [0.25, 0.3) is 0 Å². The zero-order chi connectivity index (χ0) is 10.4. The van der Waals surface area contributed by atoms with Gasteiger partial charge < -0.3 is 10.3 Å².